The van der Waals surface area contributed by atoms with Crippen LogP contribution in [-0.2, 0) is 9.59 Å². The molecule has 0 radical (unpaired) electrons. The number of nitrogens with zero attached hydrogens (tertiary/aromatic N) is 1. The molecule has 8 heteroatoms. The lowest BCUT2D eigenvalue weighted by Crippen LogP contribution is -2.54. The second-order valence-corrected chi connectivity index (χ2v) is 8.50. The van der Waals surface area contributed by atoms with Gasteiger partial charge >= 0.3 is 6.03 Å². The zero-order valence-corrected chi connectivity index (χ0v) is 20.9. The lowest BCUT2D eigenvalue weighted by atomic mass is 10.0. The van der Waals surface area contributed by atoms with E-state index in [2.05, 4.69) is 5.32 Å². The molecule has 4 amide bonds. The summed E-state index contributed by atoms with van der Waals surface area (Å²) in [4.78, 5) is 39.3. The van der Waals surface area contributed by atoms with Gasteiger partial charge in [-0.05, 0) is 55.3 Å². The molecule has 37 heavy (non-hydrogen) atoms. The number of carbonyl (C=O) groups is 3. The SMILES string of the molecule is COc1cc(/C=C2/C(=O)NC(=O)N([C@@H](C)c3ccccc3)C2=O)ccc1OCCOc1ccc(C)cc1. The van der Waals surface area contributed by atoms with Gasteiger partial charge in [-0.15, -0.1) is 0 Å². The Bertz CT molecular complexity index is 1320. The van der Waals surface area contributed by atoms with Crippen molar-refractivity contribution in [1.29, 1.82) is 0 Å². The maximum atomic E-state index is 13.2. The van der Waals surface area contributed by atoms with E-state index in [1.165, 1.54) is 13.2 Å². The second kappa shape index (κ2) is 11.4. The van der Waals surface area contributed by atoms with Crippen LogP contribution in [0.3, 0.4) is 0 Å². The second-order valence-electron chi connectivity index (χ2n) is 8.50. The zero-order valence-electron chi connectivity index (χ0n) is 20.9. The van der Waals surface area contributed by atoms with E-state index >= 15 is 0 Å². The van der Waals surface area contributed by atoms with Crippen LogP contribution in [0.15, 0.2) is 78.4 Å². The standard InChI is InChI=1S/C29H28N2O6/c1-19-9-12-23(13-10-19)36-15-16-37-25-14-11-21(18-26(25)35-3)17-24-27(32)30-29(34)31(28(24)33)20(2)22-7-5-4-6-8-22/h4-14,17-18,20H,15-16H2,1-3H3,(H,30,32,34)/b24-17-/t20-/m0/s1. The number of benzene rings is 3. The van der Waals surface area contributed by atoms with Crippen molar-refractivity contribution in [2.24, 2.45) is 0 Å². The molecule has 1 saturated heterocycles. The highest BCUT2D eigenvalue weighted by molar-refractivity contribution is 6.31. The Morgan fingerprint density at radius 3 is 2.30 bits per heavy atom. The monoisotopic (exact) mass is 500 g/mol. The molecule has 1 aliphatic heterocycles. The molecule has 1 aliphatic rings. The number of nitrogens with one attached hydrogen (secondary N) is 1. The van der Waals surface area contributed by atoms with E-state index in [0.29, 0.717) is 30.3 Å². The Kier molecular flexibility index (Phi) is 7.88. The van der Waals surface area contributed by atoms with E-state index in [1.54, 1.807) is 25.1 Å². The highest BCUT2D eigenvalue weighted by Crippen LogP contribution is 2.30. The molecule has 0 unspecified atom stereocenters. The van der Waals surface area contributed by atoms with Crippen LogP contribution in [0.4, 0.5) is 4.79 Å². The van der Waals surface area contributed by atoms with Crippen LogP contribution in [0, 0.1) is 6.92 Å². The molecule has 1 fully saturated rings. The number of carbonyl (C=O) groups excluding carboxylic acids is 3. The molecule has 1 N–H and O–H groups in total. The number of amides is 4. The number of rotatable bonds is 9. The molecule has 190 valence electrons. The topological polar surface area (TPSA) is 94.2 Å². The smallest absolute Gasteiger partial charge is 0.331 e. The number of urea groups is 1. The molecule has 0 aromatic heterocycles. The molecule has 1 atom stereocenters. The van der Waals surface area contributed by atoms with Crippen molar-refractivity contribution in [2.45, 2.75) is 19.9 Å². The van der Waals surface area contributed by atoms with Gasteiger partial charge in [-0.2, -0.15) is 0 Å². The Balaban J connectivity index is 1.47. The van der Waals surface area contributed by atoms with Crippen molar-refractivity contribution in [3.63, 3.8) is 0 Å². The number of aryl methyl sites for hydroxylation is 1. The maximum Gasteiger partial charge on any atom is 0.331 e. The van der Waals surface area contributed by atoms with E-state index in [4.69, 9.17) is 14.2 Å². The van der Waals surface area contributed by atoms with E-state index in [1.807, 2.05) is 61.5 Å². The van der Waals surface area contributed by atoms with Gasteiger partial charge in [0.1, 0.15) is 24.5 Å². The summed E-state index contributed by atoms with van der Waals surface area (Å²) in [5.41, 5.74) is 2.32. The van der Waals surface area contributed by atoms with Gasteiger partial charge in [-0.25, -0.2) is 4.79 Å². The summed E-state index contributed by atoms with van der Waals surface area (Å²) in [6.45, 7) is 4.38. The lowest BCUT2D eigenvalue weighted by Gasteiger charge is -2.31. The molecule has 4 rings (SSSR count). The third-order valence-corrected chi connectivity index (χ3v) is 5.93. The zero-order chi connectivity index (χ0) is 26.4. The van der Waals surface area contributed by atoms with E-state index in [-0.39, 0.29) is 5.57 Å². The summed E-state index contributed by atoms with van der Waals surface area (Å²) in [5, 5.41) is 2.26. The van der Waals surface area contributed by atoms with Crippen LogP contribution >= 0.6 is 0 Å². The molecule has 3 aromatic carbocycles. The first-order valence-electron chi connectivity index (χ1n) is 11.8. The first kappa shape index (κ1) is 25.5. The van der Waals surface area contributed by atoms with E-state index < -0.39 is 23.9 Å². The van der Waals surface area contributed by atoms with Crippen molar-refractivity contribution < 1.29 is 28.6 Å². The first-order valence-corrected chi connectivity index (χ1v) is 11.8. The van der Waals surface area contributed by atoms with E-state index in [9.17, 15) is 14.4 Å². The maximum absolute atomic E-state index is 13.2. The average Bonchev–Trinajstić information content (AvgIpc) is 2.90. The average molecular weight is 501 g/mol. The van der Waals surface area contributed by atoms with Gasteiger partial charge in [0.15, 0.2) is 11.5 Å². The van der Waals surface area contributed by atoms with Crippen molar-refractivity contribution in [1.82, 2.24) is 10.2 Å². The number of hydrogen-bond donors (Lipinski definition) is 1. The van der Waals surface area contributed by atoms with Crippen molar-refractivity contribution >= 4 is 23.9 Å². The van der Waals surface area contributed by atoms with Crippen LogP contribution < -0.4 is 19.5 Å². The van der Waals surface area contributed by atoms with Crippen molar-refractivity contribution in [2.75, 3.05) is 20.3 Å². The summed E-state index contributed by atoms with van der Waals surface area (Å²) >= 11 is 0. The number of ether oxygens (including phenoxy) is 3. The van der Waals surface area contributed by atoms with Crippen LogP contribution in [-0.4, -0.2) is 43.1 Å². The largest absolute Gasteiger partial charge is 0.493 e. The Hall–Kier alpha value is -4.59. The predicted molar refractivity (Wildman–Crippen MR) is 138 cm³/mol. The fraction of sp³-hybridized carbons (Fsp3) is 0.207. The van der Waals surface area contributed by atoms with Gasteiger partial charge in [-0.3, -0.25) is 19.8 Å². The van der Waals surface area contributed by atoms with Gasteiger partial charge in [0, 0.05) is 0 Å². The van der Waals surface area contributed by atoms with Gasteiger partial charge < -0.3 is 14.2 Å². The third kappa shape index (κ3) is 5.98. The van der Waals surface area contributed by atoms with Crippen LogP contribution in [0.5, 0.6) is 17.2 Å². The number of methoxy groups -OCH3 is 1. The summed E-state index contributed by atoms with van der Waals surface area (Å²) in [5.74, 6) is 0.259. The molecule has 8 nitrogen and oxygen atoms in total. The summed E-state index contributed by atoms with van der Waals surface area (Å²) in [6, 6.07) is 20.6. The molecule has 3 aromatic rings. The minimum atomic E-state index is -0.752. The first-order chi connectivity index (χ1) is 17.9. The van der Waals surface area contributed by atoms with E-state index in [0.717, 1.165) is 21.8 Å². The van der Waals surface area contributed by atoms with Crippen LogP contribution in [0.1, 0.15) is 29.7 Å². The normalized spacial score (nSPS) is 15.4. The summed E-state index contributed by atoms with van der Waals surface area (Å²) < 4.78 is 16.9. The third-order valence-electron chi connectivity index (χ3n) is 5.93. The fourth-order valence-corrected chi connectivity index (χ4v) is 3.91. The Morgan fingerprint density at radius 1 is 0.892 bits per heavy atom. The highest BCUT2D eigenvalue weighted by atomic mass is 16.5. The fourth-order valence-electron chi connectivity index (χ4n) is 3.91. The van der Waals surface area contributed by atoms with Gasteiger partial charge in [0.25, 0.3) is 11.8 Å². The summed E-state index contributed by atoms with van der Waals surface area (Å²) in [7, 11) is 1.50. The number of hydrogen-bond acceptors (Lipinski definition) is 6. The van der Waals surface area contributed by atoms with Crippen LogP contribution in [0.25, 0.3) is 6.08 Å². The molecule has 0 spiro atoms. The minimum absolute atomic E-state index is 0.149. The number of barbiturate groups is 1. The number of imide groups is 2. The van der Waals surface area contributed by atoms with Crippen molar-refractivity contribution in [3.8, 4) is 17.2 Å². The lowest BCUT2D eigenvalue weighted by molar-refractivity contribution is -0.131. The minimum Gasteiger partial charge on any atom is -0.493 e. The summed E-state index contributed by atoms with van der Waals surface area (Å²) in [6.07, 6.45) is 1.43. The molecular weight excluding hydrogens is 472 g/mol. The quantitative estimate of drug-likeness (QED) is 0.260. The van der Waals surface area contributed by atoms with Gasteiger partial charge in [0.2, 0.25) is 0 Å². The molecule has 0 aliphatic carbocycles. The van der Waals surface area contributed by atoms with Gasteiger partial charge in [0.05, 0.1) is 13.2 Å². The molecular formula is C29H28N2O6. The predicted octanol–water partition coefficient (Wildman–Crippen LogP) is 4.68. The molecule has 1 heterocycles. The van der Waals surface area contributed by atoms with Crippen LogP contribution in [0.2, 0.25) is 0 Å². The highest BCUT2D eigenvalue weighted by Gasteiger charge is 2.38. The van der Waals surface area contributed by atoms with Crippen molar-refractivity contribution in [3.05, 3.63) is 95.1 Å². The van der Waals surface area contributed by atoms with Gasteiger partial charge in [-0.1, -0.05) is 54.1 Å². The molecule has 0 bridgehead atoms. The Morgan fingerprint density at radius 2 is 1.59 bits per heavy atom. The Labute approximate surface area is 215 Å². The molecule has 0 saturated carbocycles.